The third-order valence-corrected chi connectivity index (χ3v) is 8.35. The van der Waals surface area contributed by atoms with Gasteiger partial charge in [0.25, 0.3) is 0 Å². The lowest BCUT2D eigenvalue weighted by atomic mass is 10.0. The molecule has 0 spiro atoms. The Morgan fingerprint density at radius 3 is 2.57 bits per heavy atom. The van der Waals surface area contributed by atoms with Crippen molar-refractivity contribution in [3.05, 3.63) is 131 Å². The number of ether oxygens (including phenoxy) is 1. The average Bonchev–Trinajstić information content (AvgIpc) is 3.52. The number of phenolic OH excluding ortho intramolecular Hbond substituents is 1. The summed E-state index contributed by atoms with van der Waals surface area (Å²) in [5.41, 5.74) is 5.38. The number of para-hydroxylation sites is 3. The topological polar surface area (TPSA) is 73.7 Å². The zero-order valence-electron chi connectivity index (χ0n) is 26.1. The highest BCUT2D eigenvalue weighted by Crippen LogP contribution is 2.32. The van der Waals surface area contributed by atoms with Gasteiger partial charge in [-0.05, 0) is 75.2 Å². The quantitative estimate of drug-likeness (QED) is 0.0962. The van der Waals surface area contributed by atoms with Crippen LogP contribution in [0.5, 0.6) is 5.75 Å². The molecule has 0 saturated carbocycles. The van der Waals surface area contributed by atoms with Crippen LogP contribution in [0.15, 0.2) is 102 Å². The normalized spacial score (nSPS) is 15.0. The van der Waals surface area contributed by atoms with Crippen LogP contribution in [-0.2, 0) is 4.74 Å². The van der Waals surface area contributed by atoms with Crippen molar-refractivity contribution in [2.24, 2.45) is 4.99 Å². The van der Waals surface area contributed by atoms with Crippen LogP contribution in [0.25, 0.3) is 11.0 Å². The molecular formula is C39H39FN4O2. The molecule has 5 aromatic rings. The number of benzene rings is 4. The van der Waals surface area contributed by atoms with Gasteiger partial charge in [0.15, 0.2) is 0 Å². The van der Waals surface area contributed by atoms with Crippen LogP contribution in [0.3, 0.4) is 0 Å². The van der Waals surface area contributed by atoms with E-state index >= 15 is 4.39 Å². The number of nitrogens with zero attached hydrogens (tertiary/aromatic N) is 3. The van der Waals surface area contributed by atoms with E-state index in [1.165, 1.54) is 6.07 Å². The maximum atomic E-state index is 15.4. The predicted molar refractivity (Wildman–Crippen MR) is 182 cm³/mol. The lowest BCUT2D eigenvalue weighted by Crippen LogP contribution is -2.35. The number of imidazole rings is 1. The molecule has 1 aliphatic heterocycles. The molecule has 0 aliphatic carbocycles. The van der Waals surface area contributed by atoms with Gasteiger partial charge in [-0.3, -0.25) is 4.99 Å². The highest BCUT2D eigenvalue weighted by atomic mass is 19.1. The summed E-state index contributed by atoms with van der Waals surface area (Å²) >= 11 is 0. The molecule has 46 heavy (non-hydrogen) atoms. The van der Waals surface area contributed by atoms with Crippen molar-refractivity contribution >= 4 is 16.7 Å². The molecular weight excluding hydrogens is 575 g/mol. The average molecular weight is 615 g/mol. The first-order chi connectivity index (χ1) is 22.5. The standard InChI is InChI=1S/C39H39FN4O2/c1-44-25-22-30(23-26-44)46-38(39-42-34-17-9-10-18-35(34)43-39)32-27-28(20-21-33(32)40)13-5-2-3-12-24-41-37(29-14-6-4-7-15-29)31-16-8-11-19-36(31)45/h4,6-11,14-21,27,30,38,45H,2-3,12,22-26H2,1H3,(H,42,43)/b41-37+. The van der Waals surface area contributed by atoms with Crippen molar-refractivity contribution in [1.82, 2.24) is 14.9 Å². The minimum Gasteiger partial charge on any atom is -0.507 e. The van der Waals surface area contributed by atoms with Gasteiger partial charge in [-0.1, -0.05) is 66.4 Å². The monoisotopic (exact) mass is 614 g/mol. The molecule has 4 aromatic carbocycles. The molecule has 1 aromatic heterocycles. The van der Waals surface area contributed by atoms with E-state index in [1.54, 1.807) is 18.2 Å². The molecule has 7 heteroatoms. The van der Waals surface area contributed by atoms with Crippen LogP contribution >= 0.6 is 0 Å². The fraction of sp³-hybridized carbons (Fsp3) is 0.282. The number of H-pyrrole nitrogens is 1. The highest BCUT2D eigenvalue weighted by Gasteiger charge is 2.28. The number of aromatic amines is 1. The van der Waals surface area contributed by atoms with Crippen molar-refractivity contribution in [3.8, 4) is 17.6 Å². The zero-order valence-corrected chi connectivity index (χ0v) is 26.1. The minimum atomic E-state index is -0.664. The van der Waals surface area contributed by atoms with E-state index in [0.717, 1.165) is 72.2 Å². The second-order valence-electron chi connectivity index (χ2n) is 11.8. The van der Waals surface area contributed by atoms with Gasteiger partial charge in [0.1, 0.15) is 23.5 Å². The summed E-state index contributed by atoms with van der Waals surface area (Å²) in [4.78, 5) is 15.3. The number of phenols is 1. The predicted octanol–water partition coefficient (Wildman–Crippen LogP) is 7.67. The maximum absolute atomic E-state index is 15.4. The zero-order chi connectivity index (χ0) is 31.7. The molecule has 2 heterocycles. The van der Waals surface area contributed by atoms with Crippen LogP contribution in [0, 0.1) is 17.7 Å². The third kappa shape index (κ3) is 7.71. The minimum absolute atomic E-state index is 0.0134. The van der Waals surface area contributed by atoms with E-state index in [2.05, 4.69) is 28.8 Å². The largest absolute Gasteiger partial charge is 0.507 e. The van der Waals surface area contributed by atoms with Gasteiger partial charge >= 0.3 is 0 Å². The van der Waals surface area contributed by atoms with Crippen molar-refractivity contribution < 1.29 is 14.2 Å². The van der Waals surface area contributed by atoms with Gasteiger partial charge in [0.2, 0.25) is 0 Å². The van der Waals surface area contributed by atoms with E-state index in [4.69, 9.17) is 14.7 Å². The number of aromatic nitrogens is 2. The molecule has 0 bridgehead atoms. The number of rotatable bonds is 10. The van der Waals surface area contributed by atoms with Crippen molar-refractivity contribution in [2.75, 3.05) is 26.7 Å². The summed E-state index contributed by atoms with van der Waals surface area (Å²) < 4.78 is 22.0. The van der Waals surface area contributed by atoms with Crippen molar-refractivity contribution in [3.63, 3.8) is 0 Å². The summed E-state index contributed by atoms with van der Waals surface area (Å²) in [6.07, 6.45) is 3.54. The summed E-state index contributed by atoms with van der Waals surface area (Å²) in [5, 5.41) is 10.4. The molecule has 6 nitrogen and oxygen atoms in total. The molecule has 1 atom stereocenters. The Morgan fingerprint density at radius 2 is 1.76 bits per heavy atom. The van der Waals surface area contributed by atoms with Gasteiger partial charge in [-0.2, -0.15) is 0 Å². The number of likely N-dealkylation sites (tertiary alicyclic amines) is 1. The SMILES string of the molecule is CN1CCC(OC(c2nc3ccccc3[nH]2)c2cc(C#CCCCC/N=C(\c3ccccc3)c3ccccc3O)ccc2F)CC1. The van der Waals surface area contributed by atoms with Gasteiger partial charge in [0.05, 0.1) is 22.8 Å². The Kier molecular flexibility index (Phi) is 10.2. The number of hydrogen-bond donors (Lipinski definition) is 2. The molecule has 2 N–H and O–H groups in total. The van der Waals surface area contributed by atoms with Gasteiger partial charge in [-0.25, -0.2) is 9.37 Å². The first-order valence-corrected chi connectivity index (χ1v) is 16.0. The smallest absolute Gasteiger partial charge is 0.143 e. The first kappa shape index (κ1) is 31.2. The molecule has 6 rings (SSSR count). The number of nitrogens with one attached hydrogen (secondary N) is 1. The van der Waals surface area contributed by atoms with E-state index in [0.29, 0.717) is 24.4 Å². The maximum Gasteiger partial charge on any atom is 0.143 e. The van der Waals surface area contributed by atoms with Crippen LogP contribution < -0.4 is 0 Å². The van der Waals surface area contributed by atoms with Crippen LogP contribution in [-0.4, -0.2) is 58.5 Å². The number of halogens is 1. The summed E-state index contributed by atoms with van der Waals surface area (Å²) in [6, 6.07) is 30.0. The third-order valence-electron chi connectivity index (χ3n) is 8.35. The molecule has 1 fully saturated rings. The molecule has 0 amide bonds. The van der Waals surface area contributed by atoms with Crippen molar-refractivity contribution in [1.29, 1.82) is 0 Å². The Morgan fingerprint density at radius 1 is 1.00 bits per heavy atom. The fourth-order valence-electron chi connectivity index (χ4n) is 5.80. The summed E-state index contributed by atoms with van der Waals surface area (Å²) in [5.74, 6) is 6.98. The number of aromatic hydroxyl groups is 1. The molecule has 0 radical (unpaired) electrons. The van der Waals surface area contributed by atoms with Gasteiger partial charge in [-0.15, -0.1) is 0 Å². The van der Waals surface area contributed by atoms with Gasteiger partial charge in [0, 0.05) is 48.3 Å². The van der Waals surface area contributed by atoms with E-state index in [1.807, 2.05) is 72.8 Å². The van der Waals surface area contributed by atoms with Crippen LogP contribution in [0.2, 0.25) is 0 Å². The molecule has 234 valence electrons. The summed E-state index contributed by atoms with van der Waals surface area (Å²) in [6.45, 7) is 2.51. The van der Waals surface area contributed by atoms with Crippen molar-refractivity contribution in [2.45, 2.75) is 44.3 Å². The number of fused-ring (bicyclic) bond motifs is 1. The Labute approximate surface area is 270 Å². The lowest BCUT2D eigenvalue weighted by Gasteiger charge is -2.31. The molecule has 1 aliphatic rings. The first-order valence-electron chi connectivity index (χ1n) is 16.0. The lowest BCUT2D eigenvalue weighted by molar-refractivity contribution is -0.0276. The second kappa shape index (κ2) is 15.0. The Bertz CT molecular complexity index is 1820. The number of aliphatic imine (C=N–C) groups is 1. The Balaban J connectivity index is 1.14. The number of piperidine rings is 1. The number of unbranched alkanes of at least 4 members (excludes halogenated alkanes) is 2. The second-order valence-corrected chi connectivity index (χ2v) is 11.8. The molecule has 1 unspecified atom stereocenters. The van der Waals surface area contributed by atoms with Crippen LogP contribution in [0.1, 0.15) is 66.3 Å². The van der Waals surface area contributed by atoms with Crippen LogP contribution in [0.4, 0.5) is 4.39 Å². The van der Waals surface area contributed by atoms with E-state index in [-0.39, 0.29) is 17.7 Å². The summed E-state index contributed by atoms with van der Waals surface area (Å²) in [7, 11) is 2.11. The fourth-order valence-corrected chi connectivity index (χ4v) is 5.80. The van der Waals surface area contributed by atoms with Gasteiger partial charge < -0.3 is 19.7 Å². The van der Waals surface area contributed by atoms with E-state index < -0.39 is 6.10 Å². The highest BCUT2D eigenvalue weighted by molar-refractivity contribution is 6.14. The molecule has 1 saturated heterocycles. The Hall–Kier alpha value is -4.77. The number of hydrogen-bond acceptors (Lipinski definition) is 5. The van der Waals surface area contributed by atoms with E-state index in [9.17, 15) is 5.11 Å².